The molecular weight excluding hydrogens is 223 g/mol. The molecule has 0 saturated heterocycles. The van der Waals surface area contributed by atoms with Gasteiger partial charge in [0.2, 0.25) is 0 Å². The first kappa shape index (κ1) is 13.9. The Morgan fingerprint density at radius 2 is 1.94 bits per heavy atom. The van der Waals surface area contributed by atoms with Crippen molar-refractivity contribution in [3.05, 3.63) is 29.6 Å². The monoisotopic (exact) mass is 242 g/mol. The van der Waals surface area contributed by atoms with Crippen LogP contribution in [0.25, 0.3) is 0 Å². The number of ether oxygens (including phenoxy) is 1. The summed E-state index contributed by atoms with van der Waals surface area (Å²) in [5.74, 6) is -0.188. The second-order valence-electron chi connectivity index (χ2n) is 4.10. The van der Waals surface area contributed by atoms with E-state index in [1.165, 1.54) is 19.2 Å². The second-order valence-corrected chi connectivity index (χ2v) is 4.10. The summed E-state index contributed by atoms with van der Waals surface area (Å²) >= 11 is 0. The molecule has 0 bridgehead atoms. The van der Waals surface area contributed by atoms with Crippen LogP contribution in [-0.2, 0) is 0 Å². The molecule has 3 nitrogen and oxygen atoms in total. The summed E-state index contributed by atoms with van der Waals surface area (Å²) in [7, 11) is 1.44. The van der Waals surface area contributed by atoms with Crippen LogP contribution in [0, 0.1) is 5.82 Å². The van der Waals surface area contributed by atoms with Crippen LogP contribution in [0.3, 0.4) is 0 Å². The fraction of sp³-hybridized carbons (Fsp3) is 0.538. The zero-order valence-electron chi connectivity index (χ0n) is 10.4. The average Bonchev–Trinajstić information content (AvgIpc) is 2.36. The van der Waals surface area contributed by atoms with Gasteiger partial charge in [0.25, 0.3) is 0 Å². The Morgan fingerprint density at radius 3 is 2.35 bits per heavy atom. The maximum absolute atomic E-state index is 13.7. The van der Waals surface area contributed by atoms with E-state index in [9.17, 15) is 14.6 Å². The van der Waals surface area contributed by atoms with Crippen molar-refractivity contribution in [2.45, 2.75) is 38.4 Å². The normalized spacial score (nSPS) is 13.5. The SMILES string of the molecule is CCC(O)(CC)C(O)c1ccc(OC)cc1F. The molecule has 0 fully saturated rings. The van der Waals surface area contributed by atoms with Gasteiger partial charge in [-0.15, -0.1) is 0 Å². The third kappa shape index (κ3) is 2.76. The molecular formula is C13H19FO3. The molecule has 0 aliphatic carbocycles. The lowest BCUT2D eigenvalue weighted by atomic mass is 9.86. The standard InChI is InChI=1S/C13H19FO3/c1-4-13(16,5-2)12(15)10-7-6-9(17-3)8-11(10)14/h6-8,12,15-16H,4-5H2,1-3H3. The highest BCUT2D eigenvalue weighted by molar-refractivity contribution is 5.31. The predicted octanol–water partition coefficient (Wildman–Crippen LogP) is 2.42. The number of methoxy groups -OCH3 is 1. The molecule has 1 aromatic carbocycles. The van der Waals surface area contributed by atoms with E-state index in [1.807, 2.05) is 0 Å². The molecule has 0 aliphatic heterocycles. The summed E-state index contributed by atoms with van der Waals surface area (Å²) in [6, 6.07) is 4.20. The number of aliphatic hydroxyl groups is 2. The van der Waals surface area contributed by atoms with Crippen LogP contribution < -0.4 is 4.74 Å². The first-order valence-corrected chi connectivity index (χ1v) is 5.72. The van der Waals surface area contributed by atoms with Crippen molar-refractivity contribution in [3.63, 3.8) is 0 Å². The van der Waals surface area contributed by atoms with Crippen molar-refractivity contribution in [2.24, 2.45) is 0 Å². The molecule has 1 unspecified atom stereocenters. The molecule has 0 amide bonds. The number of halogens is 1. The third-order valence-electron chi connectivity index (χ3n) is 3.24. The molecule has 2 N–H and O–H groups in total. The summed E-state index contributed by atoms with van der Waals surface area (Å²) in [6.07, 6.45) is -0.518. The molecule has 96 valence electrons. The molecule has 1 atom stereocenters. The molecule has 17 heavy (non-hydrogen) atoms. The van der Waals surface area contributed by atoms with Crippen molar-refractivity contribution in [1.29, 1.82) is 0 Å². The van der Waals surface area contributed by atoms with E-state index in [0.717, 1.165) is 0 Å². The molecule has 0 radical (unpaired) electrons. The van der Waals surface area contributed by atoms with Crippen molar-refractivity contribution in [3.8, 4) is 5.75 Å². The number of aliphatic hydroxyl groups excluding tert-OH is 1. The van der Waals surface area contributed by atoms with Gasteiger partial charge in [0.1, 0.15) is 17.7 Å². The molecule has 0 aromatic heterocycles. The largest absolute Gasteiger partial charge is 0.497 e. The Bertz CT molecular complexity index is 375. The van der Waals surface area contributed by atoms with Crippen LogP contribution in [0.5, 0.6) is 5.75 Å². The lowest BCUT2D eigenvalue weighted by molar-refractivity contribution is -0.0834. The topological polar surface area (TPSA) is 49.7 Å². The Balaban J connectivity index is 3.08. The quantitative estimate of drug-likeness (QED) is 0.833. The molecule has 0 heterocycles. The Hall–Kier alpha value is -1.13. The molecule has 1 rings (SSSR count). The summed E-state index contributed by atoms with van der Waals surface area (Å²) in [6.45, 7) is 3.52. The minimum absolute atomic E-state index is 0.0944. The van der Waals surface area contributed by atoms with E-state index in [-0.39, 0.29) is 5.56 Å². The summed E-state index contributed by atoms with van der Waals surface area (Å²) in [4.78, 5) is 0. The molecule has 0 spiro atoms. The number of benzene rings is 1. The van der Waals surface area contributed by atoms with Crippen molar-refractivity contribution in [1.82, 2.24) is 0 Å². The van der Waals surface area contributed by atoms with E-state index in [0.29, 0.717) is 18.6 Å². The molecule has 1 aromatic rings. The van der Waals surface area contributed by atoms with E-state index in [4.69, 9.17) is 4.74 Å². The van der Waals surface area contributed by atoms with E-state index in [2.05, 4.69) is 0 Å². The number of hydrogen-bond donors (Lipinski definition) is 2. The Morgan fingerprint density at radius 1 is 1.35 bits per heavy atom. The number of hydrogen-bond acceptors (Lipinski definition) is 3. The average molecular weight is 242 g/mol. The van der Waals surface area contributed by atoms with Gasteiger partial charge >= 0.3 is 0 Å². The Kier molecular flexibility index (Phi) is 4.48. The van der Waals surface area contributed by atoms with Gasteiger partial charge in [-0.05, 0) is 25.0 Å². The van der Waals surface area contributed by atoms with Gasteiger partial charge in [-0.3, -0.25) is 0 Å². The highest BCUT2D eigenvalue weighted by atomic mass is 19.1. The van der Waals surface area contributed by atoms with Crippen LogP contribution in [0.2, 0.25) is 0 Å². The highest BCUT2D eigenvalue weighted by Gasteiger charge is 2.34. The second kappa shape index (κ2) is 5.47. The third-order valence-corrected chi connectivity index (χ3v) is 3.24. The van der Waals surface area contributed by atoms with E-state index < -0.39 is 17.5 Å². The molecule has 0 aliphatic rings. The van der Waals surface area contributed by atoms with Crippen molar-refractivity contribution < 1.29 is 19.3 Å². The maximum atomic E-state index is 13.7. The fourth-order valence-corrected chi connectivity index (χ4v) is 1.78. The van der Waals surface area contributed by atoms with Gasteiger partial charge in [0, 0.05) is 11.6 Å². The van der Waals surface area contributed by atoms with E-state index >= 15 is 0 Å². The van der Waals surface area contributed by atoms with Gasteiger partial charge in [0.15, 0.2) is 0 Å². The van der Waals surface area contributed by atoms with Crippen LogP contribution in [-0.4, -0.2) is 22.9 Å². The highest BCUT2D eigenvalue weighted by Crippen LogP contribution is 2.33. The van der Waals surface area contributed by atoms with Gasteiger partial charge in [-0.1, -0.05) is 13.8 Å². The van der Waals surface area contributed by atoms with Crippen LogP contribution >= 0.6 is 0 Å². The van der Waals surface area contributed by atoms with Gasteiger partial charge < -0.3 is 14.9 Å². The summed E-state index contributed by atoms with van der Waals surface area (Å²) in [5.41, 5.74) is -1.20. The van der Waals surface area contributed by atoms with Crippen LogP contribution in [0.1, 0.15) is 38.4 Å². The minimum atomic E-state index is -1.30. The summed E-state index contributed by atoms with van der Waals surface area (Å²) < 4.78 is 18.6. The van der Waals surface area contributed by atoms with Gasteiger partial charge in [-0.2, -0.15) is 0 Å². The van der Waals surface area contributed by atoms with Gasteiger partial charge in [-0.25, -0.2) is 4.39 Å². The zero-order valence-corrected chi connectivity index (χ0v) is 10.4. The van der Waals surface area contributed by atoms with Crippen molar-refractivity contribution >= 4 is 0 Å². The van der Waals surface area contributed by atoms with E-state index in [1.54, 1.807) is 19.9 Å². The predicted molar refractivity (Wildman–Crippen MR) is 63.4 cm³/mol. The minimum Gasteiger partial charge on any atom is -0.497 e. The molecule has 0 saturated carbocycles. The first-order chi connectivity index (χ1) is 7.98. The van der Waals surface area contributed by atoms with Crippen LogP contribution in [0.4, 0.5) is 4.39 Å². The lowest BCUT2D eigenvalue weighted by Crippen LogP contribution is -2.35. The summed E-state index contributed by atoms with van der Waals surface area (Å²) in [5, 5.41) is 20.2. The lowest BCUT2D eigenvalue weighted by Gasteiger charge is -2.31. The fourth-order valence-electron chi connectivity index (χ4n) is 1.78. The Labute approximate surface area is 101 Å². The number of rotatable bonds is 5. The van der Waals surface area contributed by atoms with Crippen molar-refractivity contribution in [2.75, 3.05) is 7.11 Å². The first-order valence-electron chi connectivity index (χ1n) is 5.72. The van der Waals surface area contributed by atoms with Gasteiger partial charge in [0.05, 0.1) is 12.7 Å². The smallest absolute Gasteiger partial charge is 0.132 e. The zero-order chi connectivity index (χ0) is 13.1. The van der Waals surface area contributed by atoms with Crippen LogP contribution in [0.15, 0.2) is 18.2 Å². The maximum Gasteiger partial charge on any atom is 0.132 e. The molecule has 4 heteroatoms.